The highest BCUT2D eigenvalue weighted by Gasteiger charge is 2.66. The van der Waals surface area contributed by atoms with Gasteiger partial charge in [-0.25, -0.2) is 4.79 Å². The number of benzene rings is 1. The molecule has 3 aliphatic heterocycles. The molecular formula is C22H28N2O6S. The van der Waals surface area contributed by atoms with Crippen LogP contribution in [0.3, 0.4) is 0 Å². The van der Waals surface area contributed by atoms with Crippen LogP contribution in [0, 0.1) is 5.92 Å². The molecule has 0 aromatic heterocycles. The van der Waals surface area contributed by atoms with E-state index in [4.69, 9.17) is 4.74 Å². The number of carbonyl (C=O) groups excluding carboxylic acids is 3. The van der Waals surface area contributed by atoms with Crippen molar-refractivity contribution in [1.82, 2.24) is 9.80 Å². The lowest BCUT2D eigenvalue weighted by molar-refractivity contribution is -0.175. The summed E-state index contributed by atoms with van der Waals surface area (Å²) in [6.45, 7) is 4.15. The highest BCUT2D eigenvalue weighted by molar-refractivity contribution is 8.01. The summed E-state index contributed by atoms with van der Waals surface area (Å²) < 4.78 is 4.87. The largest absolute Gasteiger partial charge is 0.459 e. The summed E-state index contributed by atoms with van der Waals surface area (Å²) in [6.07, 6.45) is -0.0434. The second-order valence-corrected chi connectivity index (χ2v) is 10.6. The third kappa shape index (κ3) is 3.83. The third-order valence-electron chi connectivity index (χ3n) is 6.39. The number of amides is 2. The van der Waals surface area contributed by atoms with Crippen molar-refractivity contribution >= 4 is 29.5 Å². The quantitative estimate of drug-likeness (QED) is 0.489. The van der Waals surface area contributed by atoms with Crippen molar-refractivity contribution in [3.63, 3.8) is 0 Å². The number of hydrogen-bond acceptors (Lipinski definition) is 7. The van der Waals surface area contributed by atoms with E-state index in [-0.39, 0.29) is 19.3 Å². The fourth-order valence-corrected chi connectivity index (χ4v) is 6.47. The highest BCUT2D eigenvalue weighted by atomic mass is 32.2. The maximum atomic E-state index is 13.0. The molecule has 9 heteroatoms. The fraction of sp³-hybridized carbons (Fsp3) is 0.591. The molecule has 3 saturated heterocycles. The van der Waals surface area contributed by atoms with Crippen LogP contribution in [0.25, 0.3) is 0 Å². The molecule has 0 aliphatic carbocycles. The van der Waals surface area contributed by atoms with E-state index < -0.39 is 46.0 Å². The Morgan fingerprint density at radius 1 is 1.29 bits per heavy atom. The van der Waals surface area contributed by atoms with Gasteiger partial charge >= 0.3 is 5.97 Å². The number of β-lactam (4-membered cyclic amide) rings is 1. The summed E-state index contributed by atoms with van der Waals surface area (Å²) in [6, 6.07) is 8.21. The summed E-state index contributed by atoms with van der Waals surface area (Å²) in [5, 5.41) is 19.7. The lowest BCUT2D eigenvalue weighted by atomic mass is 9.87. The molecule has 3 aliphatic rings. The van der Waals surface area contributed by atoms with Crippen LogP contribution >= 0.6 is 11.8 Å². The minimum atomic E-state index is -1.48. The van der Waals surface area contributed by atoms with Crippen LogP contribution in [-0.4, -0.2) is 79.3 Å². The standard InChI is InChI=1S/C22H28N2O6S/c1-22(2)17(21(29)30-12-13-7-4-3-5-8-13)24-18(27)15(20(24)31-22)16(26)19(28)23-10-6-9-14(23)11-25/h3-5,7-8,14-17,20,25-26H,6,9-12H2,1-2H3/t14?,15-,16+,17+,20-/m1/s1. The molecule has 8 nitrogen and oxygen atoms in total. The second kappa shape index (κ2) is 8.44. The van der Waals surface area contributed by atoms with Gasteiger partial charge < -0.3 is 24.7 Å². The summed E-state index contributed by atoms with van der Waals surface area (Å²) in [5.41, 5.74) is 0.855. The molecule has 1 unspecified atom stereocenters. The first-order valence-corrected chi connectivity index (χ1v) is 11.4. The van der Waals surface area contributed by atoms with E-state index in [1.54, 1.807) is 0 Å². The van der Waals surface area contributed by atoms with E-state index >= 15 is 0 Å². The van der Waals surface area contributed by atoms with Crippen molar-refractivity contribution in [2.24, 2.45) is 5.92 Å². The van der Waals surface area contributed by atoms with E-state index in [2.05, 4.69) is 0 Å². The zero-order valence-corrected chi connectivity index (χ0v) is 18.5. The van der Waals surface area contributed by atoms with Gasteiger partial charge in [-0.1, -0.05) is 30.3 Å². The summed E-state index contributed by atoms with van der Waals surface area (Å²) in [4.78, 5) is 41.6. The molecule has 0 bridgehead atoms. The number of hydrogen-bond donors (Lipinski definition) is 2. The predicted octanol–water partition coefficient (Wildman–Crippen LogP) is 0.753. The lowest BCUT2D eigenvalue weighted by Crippen LogP contribution is -2.67. The smallest absolute Gasteiger partial charge is 0.330 e. The average Bonchev–Trinajstić information content (AvgIpc) is 3.32. The number of nitrogens with zero attached hydrogens (tertiary/aromatic N) is 2. The monoisotopic (exact) mass is 448 g/mol. The molecule has 4 rings (SSSR count). The van der Waals surface area contributed by atoms with Gasteiger partial charge in [0, 0.05) is 11.3 Å². The van der Waals surface area contributed by atoms with E-state index in [9.17, 15) is 24.6 Å². The Morgan fingerprint density at radius 2 is 2.00 bits per heavy atom. The van der Waals surface area contributed by atoms with Crippen molar-refractivity contribution in [3.8, 4) is 0 Å². The molecule has 1 aromatic carbocycles. The molecule has 0 saturated carbocycles. The zero-order valence-electron chi connectivity index (χ0n) is 17.6. The van der Waals surface area contributed by atoms with Crippen LogP contribution in [0.1, 0.15) is 32.3 Å². The Hall–Kier alpha value is -2.10. The number of carbonyl (C=O) groups is 3. The Labute approximate surface area is 185 Å². The van der Waals surface area contributed by atoms with Crippen LogP contribution in [0.4, 0.5) is 0 Å². The molecule has 168 valence electrons. The molecule has 5 atom stereocenters. The third-order valence-corrected chi connectivity index (χ3v) is 7.99. The molecular weight excluding hydrogens is 420 g/mol. The van der Waals surface area contributed by atoms with Gasteiger partial charge in [0.05, 0.1) is 18.0 Å². The minimum absolute atomic E-state index is 0.117. The van der Waals surface area contributed by atoms with Crippen molar-refractivity contribution in [3.05, 3.63) is 35.9 Å². The molecule has 2 amide bonds. The van der Waals surface area contributed by atoms with Gasteiger partial charge in [0.2, 0.25) is 5.91 Å². The van der Waals surface area contributed by atoms with Gasteiger partial charge in [0.25, 0.3) is 5.91 Å². The van der Waals surface area contributed by atoms with Gasteiger partial charge in [-0.05, 0) is 32.3 Å². The highest BCUT2D eigenvalue weighted by Crippen LogP contribution is 2.54. The molecule has 0 radical (unpaired) electrons. The first-order valence-electron chi connectivity index (χ1n) is 10.6. The number of esters is 1. The van der Waals surface area contributed by atoms with E-state index in [1.807, 2.05) is 44.2 Å². The van der Waals surface area contributed by atoms with Gasteiger partial charge in [0.1, 0.15) is 24.7 Å². The normalized spacial score (nSPS) is 30.0. The molecule has 1 aromatic rings. The van der Waals surface area contributed by atoms with E-state index in [0.717, 1.165) is 12.0 Å². The SMILES string of the molecule is CC1(C)S[C@@H]2[C@H]([C@H](O)C(=O)N3CCCC3CO)C(=O)N2[C@H]1C(=O)OCc1ccccc1. The number of aliphatic hydroxyl groups excluding tert-OH is 2. The summed E-state index contributed by atoms with van der Waals surface area (Å²) in [7, 11) is 0. The Kier molecular flexibility index (Phi) is 6.02. The van der Waals surface area contributed by atoms with Crippen molar-refractivity contribution in [1.29, 1.82) is 0 Å². The van der Waals surface area contributed by atoms with Crippen molar-refractivity contribution in [2.75, 3.05) is 13.2 Å². The van der Waals surface area contributed by atoms with Crippen LogP contribution < -0.4 is 0 Å². The number of ether oxygens (including phenoxy) is 1. The van der Waals surface area contributed by atoms with Crippen LogP contribution in [-0.2, 0) is 25.7 Å². The first-order chi connectivity index (χ1) is 14.8. The first kappa shape index (κ1) is 22.1. The number of thioether (sulfide) groups is 1. The van der Waals surface area contributed by atoms with E-state index in [1.165, 1.54) is 21.6 Å². The lowest BCUT2D eigenvalue weighted by Gasteiger charge is -2.46. The number of fused-ring (bicyclic) bond motifs is 1. The number of rotatable bonds is 6. The maximum Gasteiger partial charge on any atom is 0.330 e. The molecule has 0 spiro atoms. The van der Waals surface area contributed by atoms with Crippen LogP contribution in [0.5, 0.6) is 0 Å². The summed E-state index contributed by atoms with van der Waals surface area (Å²) >= 11 is 1.41. The van der Waals surface area contributed by atoms with Crippen molar-refractivity contribution in [2.45, 2.75) is 61.6 Å². The maximum absolute atomic E-state index is 13.0. The molecule has 2 N–H and O–H groups in total. The second-order valence-electron chi connectivity index (χ2n) is 8.83. The van der Waals surface area contributed by atoms with Gasteiger partial charge in [0.15, 0.2) is 0 Å². The van der Waals surface area contributed by atoms with E-state index in [0.29, 0.717) is 13.0 Å². The van der Waals surface area contributed by atoms with Gasteiger partial charge in [-0.2, -0.15) is 0 Å². The fourth-order valence-electron chi connectivity index (χ4n) is 4.76. The minimum Gasteiger partial charge on any atom is -0.459 e. The van der Waals surface area contributed by atoms with Crippen LogP contribution in [0.15, 0.2) is 30.3 Å². The molecule has 3 heterocycles. The average molecular weight is 449 g/mol. The molecule has 31 heavy (non-hydrogen) atoms. The zero-order chi connectivity index (χ0) is 22.3. The predicted molar refractivity (Wildman–Crippen MR) is 114 cm³/mol. The summed E-state index contributed by atoms with van der Waals surface area (Å²) in [5.74, 6) is -2.33. The van der Waals surface area contributed by atoms with Gasteiger partial charge in [-0.3, -0.25) is 9.59 Å². The Morgan fingerprint density at radius 3 is 2.68 bits per heavy atom. The number of likely N-dealkylation sites (tertiary alicyclic amines) is 1. The van der Waals surface area contributed by atoms with Gasteiger partial charge in [-0.15, -0.1) is 11.8 Å². The molecule has 3 fully saturated rings. The topological polar surface area (TPSA) is 107 Å². The Bertz CT molecular complexity index is 863. The number of aliphatic hydroxyl groups is 2. The Balaban J connectivity index is 1.44. The van der Waals surface area contributed by atoms with Crippen LogP contribution in [0.2, 0.25) is 0 Å². The van der Waals surface area contributed by atoms with Crippen molar-refractivity contribution < 1.29 is 29.3 Å².